The third-order valence-electron chi connectivity index (χ3n) is 4.21. The number of imidazole rings is 1. The van der Waals surface area contributed by atoms with Crippen molar-refractivity contribution >= 4 is 28.3 Å². The Hall–Kier alpha value is -2.92. The molecule has 0 unspecified atom stereocenters. The Kier molecular flexibility index (Phi) is 3.66. The fraction of sp³-hybridized carbons (Fsp3) is 0.105. The van der Waals surface area contributed by atoms with Gasteiger partial charge >= 0.3 is 0 Å². The molecular weight excluding hydrogens is 336 g/mol. The van der Waals surface area contributed by atoms with Crippen molar-refractivity contribution in [3.63, 3.8) is 0 Å². The Balaban J connectivity index is 1.95. The second-order valence-electron chi connectivity index (χ2n) is 5.92. The second kappa shape index (κ2) is 5.86. The molecule has 2 aromatic carbocycles. The first-order valence-corrected chi connectivity index (χ1v) is 8.20. The van der Waals surface area contributed by atoms with Gasteiger partial charge in [-0.15, -0.1) is 0 Å². The van der Waals surface area contributed by atoms with Gasteiger partial charge in [0.15, 0.2) is 5.82 Å². The summed E-state index contributed by atoms with van der Waals surface area (Å²) in [5.74, 6) is 0.103. The van der Waals surface area contributed by atoms with Crippen LogP contribution in [-0.2, 0) is 7.05 Å². The summed E-state index contributed by atoms with van der Waals surface area (Å²) < 4.78 is 1.60. The number of H-pyrrole nitrogens is 1. The summed E-state index contributed by atoms with van der Waals surface area (Å²) in [7, 11) is 1.76. The van der Waals surface area contributed by atoms with Crippen molar-refractivity contribution in [1.29, 1.82) is 0 Å². The van der Waals surface area contributed by atoms with Gasteiger partial charge in [0.1, 0.15) is 11.2 Å². The number of ketones is 1. The number of nitrogens with zero attached hydrogens (tertiary/aromatic N) is 3. The molecule has 4 rings (SSSR count). The van der Waals surface area contributed by atoms with Gasteiger partial charge < -0.3 is 4.98 Å². The molecule has 0 radical (unpaired) electrons. The highest BCUT2D eigenvalue weighted by atomic mass is 35.5. The zero-order valence-corrected chi connectivity index (χ0v) is 14.5. The van der Waals surface area contributed by atoms with E-state index in [9.17, 15) is 4.79 Å². The molecule has 0 spiro atoms. The van der Waals surface area contributed by atoms with Crippen LogP contribution in [0.15, 0.2) is 48.8 Å². The molecule has 0 fully saturated rings. The van der Waals surface area contributed by atoms with Crippen molar-refractivity contribution in [2.75, 3.05) is 0 Å². The van der Waals surface area contributed by atoms with Gasteiger partial charge in [-0.1, -0.05) is 41.9 Å². The SMILES string of the molecule is Cc1ccc(-c2cccc3c(C(=O)c4ncc[nH]4)n(C)nc23)c(Cl)c1. The summed E-state index contributed by atoms with van der Waals surface area (Å²) in [4.78, 5) is 19.7. The number of benzene rings is 2. The molecule has 2 aromatic heterocycles. The number of carbonyl (C=O) groups excluding carboxylic acids is 1. The zero-order chi connectivity index (χ0) is 17.6. The van der Waals surface area contributed by atoms with E-state index in [4.69, 9.17) is 11.6 Å². The first-order valence-electron chi connectivity index (χ1n) is 7.82. The molecule has 1 N–H and O–H groups in total. The second-order valence-corrected chi connectivity index (χ2v) is 6.33. The van der Waals surface area contributed by atoms with Gasteiger partial charge in [-0.25, -0.2) is 4.98 Å². The Labute approximate surface area is 149 Å². The van der Waals surface area contributed by atoms with Crippen LogP contribution >= 0.6 is 11.6 Å². The number of hydrogen-bond acceptors (Lipinski definition) is 3. The number of fused-ring (bicyclic) bond motifs is 1. The molecule has 2 heterocycles. The molecule has 0 aliphatic rings. The molecule has 0 saturated carbocycles. The molecule has 0 aliphatic heterocycles. The number of rotatable bonds is 3. The molecule has 0 saturated heterocycles. The number of carbonyl (C=O) groups is 1. The highest BCUT2D eigenvalue weighted by molar-refractivity contribution is 6.33. The van der Waals surface area contributed by atoms with Gasteiger partial charge in [0.05, 0.1) is 0 Å². The van der Waals surface area contributed by atoms with Crippen molar-refractivity contribution in [1.82, 2.24) is 19.7 Å². The summed E-state index contributed by atoms with van der Waals surface area (Å²) in [6.07, 6.45) is 3.19. The van der Waals surface area contributed by atoms with E-state index < -0.39 is 0 Å². The third kappa shape index (κ3) is 2.53. The first kappa shape index (κ1) is 15.6. The van der Waals surface area contributed by atoms with Crippen LogP contribution in [0.3, 0.4) is 0 Å². The molecule has 0 aliphatic carbocycles. The normalized spacial score (nSPS) is 11.2. The Morgan fingerprint density at radius 2 is 2.04 bits per heavy atom. The monoisotopic (exact) mass is 350 g/mol. The number of halogens is 1. The lowest BCUT2D eigenvalue weighted by Gasteiger charge is -2.06. The van der Waals surface area contributed by atoms with Crippen LogP contribution < -0.4 is 0 Å². The minimum absolute atomic E-state index is 0.192. The maximum Gasteiger partial charge on any atom is 0.246 e. The number of aromatic amines is 1. The molecule has 0 amide bonds. The highest BCUT2D eigenvalue weighted by Crippen LogP contribution is 2.34. The molecule has 4 aromatic rings. The number of hydrogen-bond donors (Lipinski definition) is 1. The van der Waals surface area contributed by atoms with Crippen LogP contribution in [0.1, 0.15) is 21.9 Å². The van der Waals surface area contributed by atoms with Crippen LogP contribution in [0, 0.1) is 6.92 Å². The molecule has 124 valence electrons. The summed E-state index contributed by atoms with van der Waals surface area (Å²) >= 11 is 6.44. The third-order valence-corrected chi connectivity index (χ3v) is 4.52. The van der Waals surface area contributed by atoms with Crippen LogP contribution in [0.25, 0.3) is 22.0 Å². The largest absolute Gasteiger partial charge is 0.342 e. The first-order chi connectivity index (χ1) is 12.1. The van der Waals surface area contributed by atoms with Crippen molar-refractivity contribution in [2.24, 2.45) is 7.05 Å². The Morgan fingerprint density at radius 3 is 2.76 bits per heavy atom. The van der Waals surface area contributed by atoms with E-state index >= 15 is 0 Å². The van der Waals surface area contributed by atoms with Gasteiger partial charge in [0.25, 0.3) is 0 Å². The predicted octanol–water partition coefficient (Wildman–Crippen LogP) is 4.16. The van der Waals surface area contributed by atoms with Gasteiger partial charge in [0.2, 0.25) is 5.78 Å². The molecule has 0 atom stereocenters. The van der Waals surface area contributed by atoms with Crippen LogP contribution in [-0.4, -0.2) is 25.5 Å². The lowest BCUT2D eigenvalue weighted by atomic mass is 10.0. The van der Waals surface area contributed by atoms with Crippen LogP contribution in [0.4, 0.5) is 0 Å². The van der Waals surface area contributed by atoms with Crippen LogP contribution in [0.2, 0.25) is 5.02 Å². The van der Waals surface area contributed by atoms with Gasteiger partial charge in [-0.3, -0.25) is 9.48 Å². The van der Waals surface area contributed by atoms with Crippen molar-refractivity contribution < 1.29 is 4.79 Å². The van der Waals surface area contributed by atoms with E-state index in [0.717, 1.165) is 27.6 Å². The van der Waals surface area contributed by atoms with E-state index in [1.165, 1.54) is 0 Å². The smallest absolute Gasteiger partial charge is 0.246 e. The Bertz CT molecular complexity index is 1100. The van der Waals surface area contributed by atoms with E-state index in [1.54, 1.807) is 24.1 Å². The maximum atomic E-state index is 12.8. The minimum atomic E-state index is -0.192. The summed E-state index contributed by atoms with van der Waals surface area (Å²) in [6, 6.07) is 11.7. The molecule has 0 bridgehead atoms. The minimum Gasteiger partial charge on any atom is -0.342 e. The van der Waals surface area contributed by atoms with Crippen molar-refractivity contribution in [3.05, 3.63) is 70.9 Å². The highest BCUT2D eigenvalue weighted by Gasteiger charge is 2.22. The Morgan fingerprint density at radius 1 is 1.20 bits per heavy atom. The number of nitrogens with one attached hydrogen (secondary N) is 1. The molecule has 6 heteroatoms. The predicted molar refractivity (Wildman–Crippen MR) is 97.9 cm³/mol. The number of aryl methyl sites for hydroxylation is 2. The average molecular weight is 351 g/mol. The zero-order valence-electron chi connectivity index (χ0n) is 13.7. The number of aromatic nitrogens is 4. The van der Waals surface area contributed by atoms with Gasteiger partial charge in [0, 0.05) is 41.0 Å². The van der Waals surface area contributed by atoms with E-state index in [-0.39, 0.29) is 5.78 Å². The quantitative estimate of drug-likeness (QED) is 0.564. The van der Waals surface area contributed by atoms with E-state index in [1.807, 2.05) is 43.3 Å². The molecular formula is C19H15ClN4O. The van der Waals surface area contributed by atoms with Crippen LogP contribution in [0.5, 0.6) is 0 Å². The average Bonchev–Trinajstić information content (AvgIpc) is 3.21. The van der Waals surface area contributed by atoms with Crippen molar-refractivity contribution in [2.45, 2.75) is 6.92 Å². The molecule has 5 nitrogen and oxygen atoms in total. The van der Waals surface area contributed by atoms with Gasteiger partial charge in [-0.05, 0) is 18.6 Å². The van der Waals surface area contributed by atoms with E-state index in [0.29, 0.717) is 16.5 Å². The fourth-order valence-corrected chi connectivity index (χ4v) is 3.38. The maximum absolute atomic E-state index is 12.8. The topological polar surface area (TPSA) is 63.6 Å². The van der Waals surface area contributed by atoms with Crippen molar-refractivity contribution in [3.8, 4) is 11.1 Å². The van der Waals surface area contributed by atoms with Gasteiger partial charge in [-0.2, -0.15) is 5.10 Å². The van der Waals surface area contributed by atoms with E-state index in [2.05, 4.69) is 15.1 Å². The summed E-state index contributed by atoms with van der Waals surface area (Å²) in [5, 5.41) is 6.02. The molecule has 25 heavy (non-hydrogen) atoms. The fourth-order valence-electron chi connectivity index (χ4n) is 3.04. The summed E-state index contributed by atoms with van der Waals surface area (Å²) in [5.41, 5.74) is 4.13. The lowest BCUT2D eigenvalue weighted by molar-refractivity contribution is 0.102. The standard InChI is InChI=1S/C19H15ClN4O/c1-11-6-7-12(15(20)10-11)13-4-3-5-14-16(13)23-24(2)17(14)18(25)19-21-8-9-22-19/h3-10H,1-2H3,(H,21,22). The summed E-state index contributed by atoms with van der Waals surface area (Å²) in [6.45, 7) is 2.00. The lowest BCUT2D eigenvalue weighted by Crippen LogP contribution is -2.10.